The van der Waals surface area contributed by atoms with E-state index in [1.165, 1.54) is 18.2 Å². The first-order chi connectivity index (χ1) is 16.1. The number of benzene rings is 1. The highest BCUT2D eigenvalue weighted by molar-refractivity contribution is 6.07. The summed E-state index contributed by atoms with van der Waals surface area (Å²) >= 11 is 0. The highest BCUT2D eigenvalue weighted by atomic mass is 19.1. The van der Waals surface area contributed by atoms with Gasteiger partial charge in [0.15, 0.2) is 17.2 Å². The maximum Gasteiger partial charge on any atom is 0.410 e. The Kier molecular flexibility index (Phi) is 6.16. The van der Waals surface area contributed by atoms with E-state index in [0.29, 0.717) is 60.5 Å². The van der Waals surface area contributed by atoms with E-state index in [9.17, 15) is 19.1 Å². The van der Waals surface area contributed by atoms with Crippen LogP contribution in [0.3, 0.4) is 0 Å². The molecule has 0 radical (unpaired) electrons. The van der Waals surface area contributed by atoms with Crippen molar-refractivity contribution in [2.75, 3.05) is 26.2 Å². The molecule has 180 valence electrons. The van der Waals surface area contributed by atoms with E-state index >= 15 is 0 Å². The van der Waals surface area contributed by atoms with E-state index in [-0.39, 0.29) is 5.91 Å². The summed E-state index contributed by atoms with van der Waals surface area (Å²) in [6.07, 6.45) is 0.226. The van der Waals surface area contributed by atoms with Gasteiger partial charge in [0.1, 0.15) is 5.60 Å². The molecule has 0 atom stereocenters. The van der Waals surface area contributed by atoms with Gasteiger partial charge in [-0.05, 0) is 51.5 Å². The average Bonchev–Trinajstić information content (AvgIpc) is 3.22. The molecule has 2 N–H and O–H groups in total. The van der Waals surface area contributed by atoms with E-state index in [1.54, 1.807) is 15.9 Å². The Morgan fingerprint density at radius 2 is 1.82 bits per heavy atom. The molecule has 3 heterocycles. The number of rotatable bonds is 3. The number of aromatic nitrogens is 3. The molecule has 1 aliphatic rings. The zero-order valence-corrected chi connectivity index (χ0v) is 19.7. The number of phenols is 1. The Balaban J connectivity index is 1.64. The van der Waals surface area contributed by atoms with Crippen molar-refractivity contribution in [3.63, 3.8) is 0 Å². The minimum Gasteiger partial charge on any atom is -0.505 e. The van der Waals surface area contributed by atoms with E-state index < -0.39 is 23.3 Å². The molecule has 1 fully saturated rings. The molecule has 10 heteroatoms. The SMILES string of the molecule is CCc1[nH]nc2nc(-c3ccc(O)c(F)c3)cc(C(=O)N3CCN(C(=O)OC(C)(C)C)CC3)c12. The van der Waals surface area contributed by atoms with Crippen molar-refractivity contribution in [1.82, 2.24) is 25.0 Å². The topological polar surface area (TPSA) is 112 Å². The van der Waals surface area contributed by atoms with Crippen molar-refractivity contribution in [3.8, 4) is 17.0 Å². The van der Waals surface area contributed by atoms with Crippen LogP contribution < -0.4 is 0 Å². The van der Waals surface area contributed by atoms with E-state index in [1.807, 2.05) is 27.7 Å². The third-order valence-electron chi connectivity index (χ3n) is 5.64. The van der Waals surface area contributed by atoms with E-state index in [4.69, 9.17) is 4.74 Å². The molecular weight excluding hydrogens is 441 g/mol. The minimum atomic E-state index is -0.776. The number of nitrogens with one attached hydrogen (secondary N) is 1. The molecule has 9 nitrogen and oxygen atoms in total. The smallest absolute Gasteiger partial charge is 0.410 e. The standard InChI is InChI=1S/C24H28FN5O4/c1-5-17-20-15(22(32)29-8-10-30(11-9-29)23(33)34-24(2,3)4)13-18(26-21(20)28-27-17)14-6-7-19(31)16(25)12-14/h6-7,12-13,31H,5,8-11H2,1-4H3,(H,26,27,28). The summed E-state index contributed by atoms with van der Waals surface area (Å²) in [5, 5.41) is 17.3. The van der Waals surface area contributed by atoms with Gasteiger partial charge < -0.3 is 19.6 Å². The summed E-state index contributed by atoms with van der Waals surface area (Å²) in [5.41, 5.74) is 1.75. The molecule has 0 unspecified atom stereocenters. The summed E-state index contributed by atoms with van der Waals surface area (Å²) < 4.78 is 19.4. The van der Waals surface area contributed by atoms with Crippen LogP contribution in [-0.2, 0) is 11.2 Å². The van der Waals surface area contributed by atoms with Crippen molar-refractivity contribution in [2.45, 2.75) is 39.7 Å². The Morgan fingerprint density at radius 1 is 1.15 bits per heavy atom. The third kappa shape index (κ3) is 4.66. The molecule has 0 aliphatic carbocycles. The molecule has 0 saturated carbocycles. The van der Waals surface area contributed by atoms with Gasteiger partial charge in [0.2, 0.25) is 0 Å². The Labute approximate surface area is 196 Å². The van der Waals surface area contributed by atoms with E-state index in [2.05, 4.69) is 15.2 Å². The number of phenolic OH excluding ortho intramolecular Hbond substituents is 1. The van der Waals surface area contributed by atoms with Gasteiger partial charge in [-0.25, -0.2) is 14.2 Å². The van der Waals surface area contributed by atoms with Gasteiger partial charge in [0, 0.05) is 37.4 Å². The monoisotopic (exact) mass is 469 g/mol. The highest BCUT2D eigenvalue weighted by Crippen LogP contribution is 2.29. The summed E-state index contributed by atoms with van der Waals surface area (Å²) in [5.74, 6) is -1.45. The fourth-order valence-electron chi connectivity index (χ4n) is 3.91. The Morgan fingerprint density at radius 3 is 2.44 bits per heavy atom. The first-order valence-electron chi connectivity index (χ1n) is 11.2. The fraction of sp³-hybridized carbons (Fsp3) is 0.417. The molecular formula is C24H28FN5O4. The van der Waals surface area contributed by atoms with Gasteiger partial charge in [-0.3, -0.25) is 9.89 Å². The number of carbonyl (C=O) groups is 2. The predicted octanol–water partition coefficient (Wildman–Crippen LogP) is 3.72. The molecule has 0 bridgehead atoms. The van der Waals surface area contributed by atoms with Crippen molar-refractivity contribution < 1.29 is 23.8 Å². The number of aromatic amines is 1. The number of nitrogens with zero attached hydrogens (tertiary/aromatic N) is 4. The number of aromatic hydroxyl groups is 1. The minimum absolute atomic E-state index is 0.215. The molecule has 2 aromatic heterocycles. The quantitative estimate of drug-likeness (QED) is 0.605. The molecule has 34 heavy (non-hydrogen) atoms. The van der Waals surface area contributed by atoms with Crippen LogP contribution in [0.2, 0.25) is 0 Å². The lowest BCUT2D eigenvalue weighted by atomic mass is 10.0. The molecule has 1 aliphatic heterocycles. The largest absolute Gasteiger partial charge is 0.505 e. The highest BCUT2D eigenvalue weighted by Gasteiger charge is 2.30. The predicted molar refractivity (Wildman–Crippen MR) is 124 cm³/mol. The maximum atomic E-state index is 14.0. The van der Waals surface area contributed by atoms with Gasteiger partial charge in [0.25, 0.3) is 5.91 Å². The van der Waals surface area contributed by atoms with Crippen LogP contribution >= 0.6 is 0 Å². The summed E-state index contributed by atoms with van der Waals surface area (Å²) in [6, 6.07) is 5.58. The number of H-pyrrole nitrogens is 1. The fourth-order valence-corrected chi connectivity index (χ4v) is 3.91. The summed E-state index contributed by atoms with van der Waals surface area (Å²) in [7, 11) is 0. The number of halogens is 1. The third-order valence-corrected chi connectivity index (χ3v) is 5.64. The number of aryl methyl sites for hydroxylation is 1. The molecule has 1 saturated heterocycles. The Hall–Kier alpha value is -3.69. The number of hydrogen-bond acceptors (Lipinski definition) is 6. The summed E-state index contributed by atoms with van der Waals surface area (Å²) in [6.45, 7) is 8.81. The molecule has 0 spiro atoms. The zero-order valence-electron chi connectivity index (χ0n) is 19.7. The average molecular weight is 470 g/mol. The molecule has 2 amide bonds. The number of piperazine rings is 1. The molecule has 1 aromatic carbocycles. The summed E-state index contributed by atoms with van der Waals surface area (Å²) in [4.78, 5) is 33.8. The van der Waals surface area contributed by atoms with Crippen molar-refractivity contribution >= 4 is 23.0 Å². The van der Waals surface area contributed by atoms with Crippen LogP contribution in [-0.4, -0.2) is 73.9 Å². The second-order valence-electron chi connectivity index (χ2n) is 9.24. The van der Waals surface area contributed by atoms with Gasteiger partial charge in [0.05, 0.1) is 16.6 Å². The number of fused-ring (bicyclic) bond motifs is 1. The van der Waals surface area contributed by atoms with Crippen molar-refractivity contribution in [1.29, 1.82) is 0 Å². The van der Waals surface area contributed by atoms with E-state index in [0.717, 1.165) is 5.69 Å². The van der Waals surface area contributed by atoms with Crippen LogP contribution in [0.1, 0.15) is 43.7 Å². The van der Waals surface area contributed by atoms with Crippen molar-refractivity contribution in [2.24, 2.45) is 0 Å². The van der Waals surface area contributed by atoms with Gasteiger partial charge in [-0.1, -0.05) is 6.92 Å². The van der Waals surface area contributed by atoms with Gasteiger partial charge in [-0.2, -0.15) is 5.10 Å². The first-order valence-corrected chi connectivity index (χ1v) is 11.2. The van der Waals surface area contributed by atoms with Crippen LogP contribution in [0.25, 0.3) is 22.3 Å². The second kappa shape index (κ2) is 8.92. The maximum absolute atomic E-state index is 14.0. The number of ether oxygens (including phenoxy) is 1. The van der Waals surface area contributed by atoms with Crippen molar-refractivity contribution in [3.05, 3.63) is 41.3 Å². The lowest BCUT2D eigenvalue weighted by molar-refractivity contribution is 0.0141. The van der Waals surface area contributed by atoms with Gasteiger partial charge >= 0.3 is 6.09 Å². The first kappa shape index (κ1) is 23.5. The zero-order chi connectivity index (χ0) is 24.6. The normalized spacial score (nSPS) is 14.5. The van der Waals surface area contributed by atoms with Crippen LogP contribution in [0.4, 0.5) is 9.18 Å². The second-order valence-corrected chi connectivity index (χ2v) is 9.24. The van der Waals surface area contributed by atoms with Crippen LogP contribution in [0, 0.1) is 5.82 Å². The lowest BCUT2D eigenvalue weighted by Crippen LogP contribution is -2.51. The van der Waals surface area contributed by atoms with Crippen LogP contribution in [0.15, 0.2) is 24.3 Å². The molecule has 3 aromatic rings. The number of hydrogen-bond donors (Lipinski definition) is 2. The number of carbonyl (C=O) groups excluding carboxylic acids is 2. The number of amides is 2. The Bertz CT molecular complexity index is 1240. The van der Waals surface area contributed by atoms with Crippen LogP contribution in [0.5, 0.6) is 5.75 Å². The molecule has 4 rings (SSSR count). The lowest BCUT2D eigenvalue weighted by Gasteiger charge is -2.35. The van der Waals surface area contributed by atoms with Gasteiger partial charge in [-0.15, -0.1) is 0 Å². The number of pyridine rings is 1.